The van der Waals surface area contributed by atoms with Gasteiger partial charge >= 0.3 is 6.18 Å². The summed E-state index contributed by atoms with van der Waals surface area (Å²) < 4.78 is 43.6. The molecule has 5 heteroatoms. The fourth-order valence-electron chi connectivity index (χ4n) is 0.304. The molecule has 1 atom stereocenters. The Bertz CT molecular complexity index is 135. The summed E-state index contributed by atoms with van der Waals surface area (Å²) in [5, 5.41) is 0. The van der Waals surface area contributed by atoms with Gasteiger partial charge < -0.3 is 0 Å². The van der Waals surface area contributed by atoms with Crippen molar-refractivity contribution in [1.29, 1.82) is 0 Å². The van der Waals surface area contributed by atoms with Gasteiger partial charge in [0.15, 0.2) is 0 Å². The van der Waals surface area contributed by atoms with Gasteiger partial charge in [-0.05, 0) is 28.9 Å². The zero-order chi connectivity index (χ0) is 8.41. The van der Waals surface area contributed by atoms with E-state index < -0.39 is 10.8 Å². The predicted molar refractivity (Wildman–Crippen MR) is 33.6 cm³/mol. The zero-order valence-corrected chi connectivity index (χ0v) is 6.63. The molecule has 0 nitrogen and oxygen atoms in total. The van der Waals surface area contributed by atoms with E-state index in [1.807, 2.05) is 15.9 Å². The largest absolute Gasteiger partial charge is 0.436 e. The first kappa shape index (κ1) is 9.94. The van der Waals surface area contributed by atoms with Crippen LogP contribution in [0.1, 0.15) is 6.92 Å². The van der Waals surface area contributed by atoms with Gasteiger partial charge in [0, 0.05) is 0 Å². The van der Waals surface area contributed by atoms with Crippen molar-refractivity contribution in [3.05, 3.63) is 12.2 Å². The van der Waals surface area contributed by atoms with Gasteiger partial charge in [-0.3, -0.25) is 0 Å². The quantitative estimate of drug-likeness (QED) is 0.362. The Morgan fingerprint density at radius 2 is 1.60 bits per heavy atom. The average Bonchev–Trinajstić information content (AvgIpc) is 1.61. The number of halogens is 5. The van der Waals surface area contributed by atoms with Crippen molar-refractivity contribution in [3.63, 3.8) is 0 Å². The number of alkyl halides is 5. The minimum atomic E-state index is -4.89. The fourth-order valence-corrected chi connectivity index (χ4v) is 0.568. The molecule has 0 rings (SSSR count). The molecule has 0 aliphatic carbocycles. The molecule has 0 aliphatic rings. The normalized spacial score (nSPS) is 19.4. The molecule has 0 heterocycles. The van der Waals surface area contributed by atoms with Crippen LogP contribution in [0, 0.1) is 0 Å². The Morgan fingerprint density at radius 3 is 1.70 bits per heavy atom. The third kappa shape index (κ3) is 2.28. The number of allylic oxidation sites excluding steroid dienone is 2. The minimum Gasteiger partial charge on any atom is -0.216 e. The summed E-state index contributed by atoms with van der Waals surface area (Å²) in [6.45, 7) is 1.31. The highest BCUT2D eigenvalue weighted by Gasteiger charge is 2.52. The Balaban J connectivity index is 4.40. The molecule has 60 valence electrons. The standard InChI is InChI=1S/C5H5BrF4/c1-2-3-4(6,7)5(8,9)10/h2-3H,1H3/b3-2+. The number of rotatable bonds is 1. The zero-order valence-electron chi connectivity index (χ0n) is 5.04. The van der Waals surface area contributed by atoms with Crippen molar-refractivity contribution in [1.82, 2.24) is 0 Å². The lowest BCUT2D eigenvalue weighted by Gasteiger charge is -2.16. The number of hydrogen-bond donors (Lipinski definition) is 0. The van der Waals surface area contributed by atoms with Crippen LogP contribution in [-0.2, 0) is 0 Å². The topological polar surface area (TPSA) is 0 Å². The average molecular weight is 221 g/mol. The summed E-state index contributed by atoms with van der Waals surface area (Å²) >= 11 is 1.88. The summed E-state index contributed by atoms with van der Waals surface area (Å²) in [4.78, 5) is 0. The first-order chi connectivity index (χ1) is 4.31. The van der Waals surface area contributed by atoms with E-state index in [0.717, 1.165) is 6.08 Å². The molecular weight excluding hydrogens is 216 g/mol. The minimum absolute atomic E-state index is 0.396. The van der Waals surface area contributed by atoms with Gasteiger partial charge in [0.05, 0.1) is 0 Å². The van der Waals surface area contributed by atoms with Crippen LogP contribution in [0.3, 0.4) is 0 Å². The van der Waals surface area contributed by atoms with E-state index in [1.165, 1.54) is 6.92 Å². The van der Waals surface area contributed by atoms with Crippen molar-refractivity contribution >= 4 is 15.9 Å². The maximum atomic E-state index is 12.3. The lowest BCUT2D eigenvalue weighted by molar-refractivity contribution is -0.176. The van der Waals surface area contributed by atoms with Crippen LogP contribution in [0.4, 0.5) is 17.6 Å². The van der Waals surface area contributed by atoms with Crippen LogP contribution < -0.4 is 0 Å². The summed E-state index contributed by atoms with van der Waals surface area (Å²) in [7, 11) is 0. The molecule has 0 bridgehead atoms. The summed E-state index contributed by atoms with van der Waals surface area (Å²) in [5.41, 5.74) is 0. The summed E-state index contributed by atoms with van der Waals surface area (Å²) in [5.74, 6) is 0. The highest BCUT2D eigenvalue weighted by molar-refractivity contribution is 9.10. The second-order valence-electron chi connectivity index (χ2n) is 1.62. The highest BCUT2D eigenvalue weighted by Crippen LogP contribution is 2.40. The van der Waals surface area contributed by atoms with Gasteiger partial charge in [-0.1, -0.05) is 6.08 Å². The van der Waals surface area contributed by atoms with E-state index in [1.54, 1.807) is 0 Å². The van der Waals surface area contributed by atoms with Crippen molar-refractivity contribution in [2.24, 2.45) is 0 Å². The molecule has 1 unspecified atom stereocenters. The molecule has 0 spiro atoms. The van der Waals surface area contributed by atoms with E-state index in [2.05, 4.69) is 0 Å². The lowest BCUT2D eigenvalue weighted by Crippen LogP contribution is -2.32. The highest BCUT2D eigenvalue weighted by atomic mass is 79.9. The maximum Gasteiger partial charge on any atom is 0.436 e. The van der Waals surface area contributed by atoms with E-state index in [-0.39, 0.29) is 0 Å². The van der Waals surface area contributed by atoms with Crippen molar-refractivity contribution in [3.8, 4) is 0 Å². The smallest absolute Gasteiger partial charge is 0.216 e. The molecule has 0 aromatic carbocycles. The third-order valence-corrected chi connectivity index (χ3v) is 1.47. The molecular formula is C5H5BrF4. The van der Waals surface area contributed by atoms with Crippen LogP contribution in [0.15, 0.2) is 12.2 Å². The van der Waals surface area contributed by atoms with Crippen LogP contribution in [0.5, 0.6) is 0 Å². The van der Waals surface area contributed by atoms with Crippen molar-refractivity contribution in [2.75, 3.05) is 0 Å². The fraction of sp³-hybridized carbons (Fsp3) is 0.600. The van der Waals surface area contributed by atoms with E-state index in [0.29, 0.717) is 6.08 Å². The van der Waals surface area contributed by atoms with E-state index >= 15 is 0 Å². The molecule has 0 radical (unpaired) electrons. The third-order valence-electron chi connectivity index (χ3n) is 0.754. The van der Waals surface area contributed by atoms with Crippen molar-refractivity contribution in [2.45, 2.75) is 17.7 Å². The van der Waals surface area contributed by atoms with Crippen LogP contribution in [-0.4, -0.2) is 10.8 Å². The van der Waals surface area contributed by atoms with Crippen LogP contribution in [0.25, 0.3) is 0 Å². The summed E-state index contributed by atoms with van der Waals surface area (Å²) in [6.07, 6.45) is -3.51. The SMILES string of the molecule is C/C=C/C(F)(Br)C(F)(F)F. The second kappa shape index (κ2) is 2.90. The molecule has 0 N–H and O–H groups in total. The van der Waals surface area contributed by atoms with Crippen LogP contribution in [0.2, 0.25) is 0 Å². The van der Waals surface area contributed by atoms with E-state index in [9.17, 15) is 17.6 Å². The summed E-state index contributed by atoms with van der Waals surface area (Å²) in [6, 6.07) is 0. The Morgan fingerprint density at radius 1 is 1.20 bits per heavy atom. The Kier molecular flexibility index (Phi) is 2.88. The first-order valence-corrected chi connectivity index (χ1v) is 3.19. The monoisotopic (exact) mass is 220 g/mol. The number of hydrogen-bond acceptors (Lipinski definition) is 0. The van der Waals surface area contributed by atoms with Gasteiger partial charge in [-0.2, -0.15) is 13.2 Å². The van der Waals surface area contributed by atoms with Gasteiger partial charge in [0.1, 0.15) is 0 Å². The predicted octanol–water partition coefficient (Wildman–Crippen LogP) is 3.19. The molecule has 0 aliphatic heterocycles. The molecule has 0 amide bonds. The lowest BCUT2D eigenvalue weighted by atomic mass is 10.3. The molecule has 0 saturated heterocycles. The first-order valence-electron chi connectivity index (χ1n) is 2.39. The maximum absolute atomic E-state index is 12.3. The van der Waals surface area contributed by atoms with Crippen LogP contribution >= 0.6 is 15.9 Å². The second-order valence-corrected chi connectivity index (χ2v) is 2.77. The van der Waals surface area contributed by atoms with Gasteiger partial charge in [-0.15, -0.1) is 0 Å². The molecule has 0 saturated carbocycles. The van der Waals surface area contributed by atoms with E-state index in [4.69, 9.17) is 0 Å². The Hall–Kier alpha value is -0.0600. The molecule has 0 aromatic rings. The molecule has 0 fully saturated rings. The Labute approximate surface area is 64.0 Å². The molecule has 0 aromatic heterocycles. The van der Waals surface area contributed by atoms with Gasteiger partial charge in [0.25, 0.3) is 4.58 Å². The van der Waals surface area contributed by atoms with Crippen molar-refractivity contribution < 1.29 is 17.6 Å². The van der Waals surface area contributed by atoms with Gasteiger partial charge in [0.2, 0.25) is 0 Å². The van der Waals surface area contributed by atoms with Gasteiger partial charge in [-0.25, -0.2) is 4.39 Å². The molecule has 10 heavy (non-hydrogen) atoms.